The molecule has 1 atom stereocenters. The summed E-state index contributed by atoms with van der Waals surface area (Å²) in [5.41, 5.74) is 2.91. The predicted octanol–water partition coefficient (Wildman–Crippen LogP) is 5.02. The van der Waals surface area contributed by atoms with Crippen LogP contribution < -0.4 is 20.1 Å². The second-order valence-corrected chi connectivity index (χ2v) is 8.14. The van der Waals surface area contributed by atoms with Gasteiger partial charge >= 0.3 is 0 Å². The van der Waals surface area contributed by atoms with E-state index in [1.807, 2.05) is 37.3 Å². The minimum atomic E-state index is -0.209. The molecule has 5 nitrogen and oxygen atoms in total. The van der Waals surface area contributed by atoms with Gasteiger partial charge in [0.2, 0.25) is 0 Å². The summed E-state index contributed by atoms with van der Waals surface area (Å²) in [6.07, 6.45) is 2.86. The molecular weight excluding hydrogens is 440 g/mol. The first-order valence-corrected chi connectivity index (χ1v) is 10.8. The summed E-state index contributed by atoms with van der Waals surface area (Å²) in [4.78, 5) is 13.0. The van der Waals surface area contributed by atoms with Crippen LogP contribution in [0.2, 0.25) is 0 Å². The highest BCUT2D eigenvalue weighted by molar-refractivity contribution is 9.10. The zero-order chi connectivity index (χ0) is 20.1. The van der Waals surface area contributed by atoms with Gasteiger partial charge in [0.1, 0.15) is 0 Å². The number of aryl methyl sites for hydroxylation is 1. The Balaban J connectivity index is 1.75. The molecule has 1 aliphatic rings. The third-order valence-electron chi connectivity index (χ3n) is 4.23. The van der Waals surface area contributed by atoms with Crippen LogP contribution in [0.25, 0.3) is 6.08 Å². The number of carbonyl (C=O) groups excluding carboxylic acids is 1. The van der Waals surface area contributed by atoms with Crippen LogP contribution >= 0.6 is 27.7 Å². The number of carbonyl (C=O) groups is 1. The lowest BCUT2D eigenvalue weighted by atomic mass is 10.1. The summed E-state index contributed by atoms with van der Waals surface area (Å²) in [5.74, 6) is 1.18. The molecule has 0 spiro atoms. The lowest BCUT2D eigenvalue weighted by Crippen LogP contribution is -2.30. The van der Waals surface area contributed by atoms with E-state index in [1.165, 1.54) is 17.3 Å². The Morgan fingerprint density at radius 2 is 2.00 bits per heavy atom. The molecule has 28 heavy (non-hydrogen) atoms. The first-order valence-electron chi connectivity index (χ1n) is 9.09. The number of rotatable bonds is 7. The lowest BCUT2D eigenvalue weighted by molar-refractivity contribution is -0.116. The third kappa shape index (κ3) is 4.83. The van der Waals surface area contributed by atoms with Crippen molar-refractivity contribution in [3.8, 4) is 11.5 Å². The van der Waals surface area contributed by atoms with E-state index in [2.05, 4.69) is 45.6 Å². The molecular formula is C21H23BrN2O3S. The number of hydrogen-bond donors (Lipinski definition) is 2. The summed E-state index contributed by atoms with van der Waals surface area (Å²) < 4.78 is 11.8. The van der Waals surface area contributed by atoms with Crippen LogP contribution in [0, 0.1) is 0 Å². The largest absolute Gasteiger partial charge is 0.493 e. The standard InChI is InChI=1S/C21H23BrN2O3S/c1-4-13-6-8-15(9-7-13)23-21-24-20(25)18(28-21)12-14-10-16(22)19(27-5-2)17(11-14)26-3/h6-12,21,23H,4-5H2,1-3H3,(H,24,25). The topological polar surface area (TPSA) is 59.6 Å². The van der Waals surface area contributed by atoms with Crippen LogP contribution in [-0.4, -0.2) is 25.1 Å². The van der Waals surface area contributed by atoms with E-state index >= 15 is 0 Å². The second-order valence-electron chi connectivity index (χ2n) is 6.14. The van der Waals surface area contributed by atoms with Crippen molar-refractivity contribution >= 4 is 45.4 Å². The van der Waals surface area contributed by atoms with Gasteiger partial charge in [-0.1, -0.05) is 30.8 Å². The molecule has 1 aliphatic heterocycles. The minimum Gasteiger partial charge on any atom is -0.493 e. The van der Waals surface area contributed by atoms with Crippen molar-refractivity contribution < 1.29 is 14.3 Å². The molecule has 7 heteroatoms. The molecule has 1 unspecified atom stereocenters. The minimum absolute atomic E-state index is 0.100. The number of anilines is 1. The first-order chi connectivity index (χ1) is 13.5. The van der Waals surface area contributed by atoms with E-state index in [1.54, 1.807) is 7.11 Å². The normalized spacial score (nSPS) is 17.5. The van der Waals surface area contributed by atoms with Crippen LogP contribution in [0.5, 0.6) is 11.5 Å². The molecule has 148 valence electrons. The number of hydrogen-bond acceptors (Lipinski definition) is 5. The predicted molar refractivity (Wildman–Crippen MR) is 119 cm³/mol. The van der Waals surface area contributed by atoms with Crippen LogP contribution in [0.4, 0.5) is 5.69 Å². The van der Waals surface area contributed by atoms with Gasteiger partial charge < -0.3 is 20.1 Å². The fraction of sp³-hybridized carbons (Fsp3) is 0.286. The maximum atomic E-state index is 12.4. The fourth-order valence-electron chi connectivity index (χ4n) is 2.81. The van der Waals surface area contributed by atoms with Crippen LogP contribution in [0.3, 0.4) is 0 Å². The molecule has 0 aromatic heterocycles. The molecule has 1 heterocycles. The van der Waals surface area contributed by atoms with Gasteiger partial charge in [-0.15, -0.1) is 0 Å². The Labute approximate surface area is 178 Å². The van der Waals surface area contributed by atoms with Crippen molar-refractivity contribution in [2.45, 2.75) is 25.8 Å². The van der Waals surface area contributed by atoms with E-state index in [9.17, 15) is 4.79 Å². The Kier molecular flexibility index (Phi) is 6.91. The van der Waals surface area contributed by atoms with Gasteiger partial charge in [-0.3, -0.25) is 4.79 Å². The van der Waals surface area contributed by atoms with Crippen LogP contribution in [0.1, 0.15) is 25.0 Å². The highest BCUT2D eigenvalue weighted by Gasteiger charge is 2.27. The highest BCUT2D eigenvalue weighted by atomic mass is 79.9. The van der Waals surface area contributed by atoms with E-state index in [0.717, 1.165) is 22.1 Å². The smallest absolute Gasteiger partial charge is 0.260 e. The number of methoxy groups -OCH3 is 1. The SMILES string of the molecule is CCOc1c(Br)cc(C=C2SC(Nc3ccc(CC)cc3)NC2=O)cc1OC. The second kappa shape index (κ2) is 9.39. The molecule has 0 bridgehead atoms. The molecule has 2 N–H and O–H groups in total. The average Bonchev–Trinajstić information content (AvgIpc) is 3.03. The Hall–Kier alpha value is -2.12. The molecule has 3 rings (SSSR count). The molecule has 1 amide bonds. The number of benzene rings is 2. The maximum Gasteiger partial charge on any atom is 0.260 e. The molecule has 2 aromatic rings. The van der Waals surface area contributed by atoms with E-state index in [0.29, 0.717) is 23.0 Å². The van der Waals surface area contributed by atoms with Gasteiger partial charge in [-0.05, 0) is 70.7 Å². The van der Waals surface area contributed by atoms with Crippen molar-refractivity contribution in [2.24, 2.45) is 0 Å². The third-order valence-corrected chi connectivity index (χ3v) is 5.85. The summed E-state index contributed by atoms with van der Waals surface area (Å²) in [6, 6.07) is 12.0. The molecule has 1 fully saturated rings. The van der Waals surface area contributed by atoms with Crippen molar-refractivity contribution in [1.82, 2.24) is 5.32 Å². The maximum absolute atomic E-state index is 12.4. The fourth-order valence-corrected chi connectivity index (χ4v) is 4.37. The summed E-state index contributed by atoms with van der Waals surface area (Å²) in [5, 5.41) is 6.29. The van der Waals surface area contributed by atoms with Gasteiger partial charge in [0.05, 0.1) is 23.1 Å². The monoisotopic (exact) mass is 462 g/mol. The van der Waals surface area contributed by atoms with Crippen molar-refractivity contribution in [2.75, 3.05) is 19.0 Å². The van der Waals surface area contributed by atoms with Crippen LogP contribution in [-0.2, 0) is 11.2 Å². The number of thioether (sulfide) groups is 1. The van der Waals surface area contributed by atoms with E-state index in [4.69, 9.17) is 9.47 Å². The Morgan fingerprint density at radius 1 is 1.25 bits per heavy atom. The van der Waals surface area contributed by atoms with Gasteiger partial charge in [0.15, 0.2) is 17.0 Å². The molecule has 0 aliphatic carbocycles. The molecule has 0 saturated carbocycles. The van der Waals surface area contributed by atoms with Gasteiger partial charge in [0.25, 0.3) is 5.91 Å². The number of halogens is 1. The molecule has 2 aromatic carbocycles. The van der Waals surface area contributed by atoms with Crippen molar-refractivity contribution in [3.05, 3.63) is 56.9 Å². The van der Waals surface area contributed by atoms with Crippen molar-refractivity contribution in [1.29, 1.82) is 0 Å². The zero-order valence-electron chi connectivity index (χ0n) is 16.0. The van der Waals surface area contributed by atoms with E-state index < -0.39 is 0 Å². The van der Waals surface area contributed by atoms with Gasteiger partial charge in [-0.2, -0.15) is 0 Å². The molecule has 1 saturated heterocycles. The Morgan fingerprint density at radius 3 is 2.64 bits per heavy atom. The van der Waals surface area contributed by atoms with Crippen LogP contribution in [0.15, 0.2) is 45.8 Å². The lowest BCUT2D eigenvalue weighted by Gasteiger charge is -2.13. The summed E-state index contributed by atoms with van der Waals surface area (Å²) in [7, 11) is 1.60. The highest BCUT2D eigenvalue weighted by Crippen LogP contribution is 2.38. The van der Waals surface area contributed by atoms with Crippen molar-refractivity contribution in [3.63, 3.8) is 0 Å². The first kappa shape index (κ1) is 20.6. The number of ether oxygens (including phenoxy) is 2. The summed E-state index contributed by atoms with van der Waals surface area (Å²) >= 11 is 4.97. The molecule has 0 radical (unpaired) electrons. The van der Waals surface area contributed by atoms with Gasteiger partial charge in [0, 0.05) is 5.69 Å². The summed E-state index contributed by atoms with van der Waals surface area (Å²) in [6.45, 7) is 4.59. The zero-order valence-corrected chi connectivity index (χ0v) is 18.4. The number of nitrogens with one attached hydrogen (secondary N) is 2. The van der Waals surface area contributed by atoms with Gasteiger partial charge in [-0.25, -0.2) is 0 Å². The quantitative estimate of drug-likeness (QED) is 0.565. The number of amides is 1. The van der Waals surface area contributed by atoms with E-state index in [-0.39, 0.29) is 11.4 Å². The average molecular weight is 463 g/mol. The Bertz CT molecular complexity index is 884.